The van der Waals surface area contributed by atoms with Gasteiger partial charge in [0.2, 0.25) is 5.91 Å². The molecule has 0 rings (SSSR count). The van der Waals surface area contributed by atoms with Gasteiger partial charge in [-0.2, -0.15) is 0 Å². The largest absolute Gasteiger partial charge is 0.472 e. The molecule has 10 heteroatoms. The number of carbonyl (C=O) groups is 2. The molecule has 0 aromatic heterocycles. The van der Waals surface area contributed by atoms with Crippen molar-refractivity contribution in [3.63, 3.8) is 0 Å². The number of aliphatic hydroxyl groups is 1. The zero-order valence-corrected chi connectivity index (χ0v) is 36.8. The zero-order chi connectivity index (χ0) is 42.5. The maximum atomic E-state index is 12.1. The summed E-state index contributed by atoms with van der Waals surface area (Å²) in [6.07, 6.45) is 57.4. The molecule has 2 atom stereocenters. The Morgan fingerprint density at radius 2 is 1.00 bits per heavy atom. The molecule has 0 aliphatic heterocycles. The SMILES string of the molecule is CC/C=C\C/C=C\C/C=C\C/C=C\C/C=C\C/C=C\C/C=C\CCCC(=O)OCC(O)COP(=O)(O)OCCNC(=O)CCCCCCC/C=C\C/C=C\CCCC. The van der Waals surface area contributed by atoms with Crippen LogP contribution in [0.15, 0.2) is 109 Å². The second kappa shape index (κ2) is 43.3. The molecule has 0 aromatic carbocycles. The predicted octanol–water partition coefficient (Wildman–Crippen LogP) is 12.4. The Hall–Kier alpha value is -3.33. The zero-order valence-electron chi connectivity index (χ0n) is 35.9. The van der Waals surface area contributed by atoms with Crippen molar-refractivity contribution >= 4 is 19.7 Å². The predicted molar refractivity (Wildman–Crippen MR) is 242 cm³/mol. The minimum atomic E-state index is -4.44. The molecular weight excluding hydrogens is 750 g/mol. The molecule has 328 valence electrons. The molecule has 0 saturated carbocycles. The molecule has 58 heavy (non-hydrogen) atoms. The van der Waals surface area contributed by atoms with Gasteiger partial charge in [0.15, 0.2) is 0 Å². The Morgan fingerprint density at radius 3 is 1.52 bits per heavy atom. The summed E-state index contributed by atoms with van der Waals surface area (Å²) in [6, 6.07) is 0. The second-order valence-corrected chi connectivity index (χ2v) is 15.4. The number of phosphoric acid groups is 1. The van der Waals surface area contributed by atoms with Gasteiger partial charge >= 0.3 is 13.8 Å². The number of hydrogen-bond acceptors (Lipinski definition) is 7. The summed E-state index contributed by atoms with van der Waals surface area (Å²) in [5, 5.41) is 12.7. The first kappa shape index (κ1) is 54.7. The summed E-state index contributed by atoms with van der Waals surface area (Å²) in [7, 11) is -4.44. The van der Waals surface area contributed by atoms with E-state index < -0.39 is 26.5 Å². The number of allylic oxidation sites excluding steroid dienone is 18. The first-order valence-corrected chi connectivity index (χ1v) is 23.4. The van der Waals surface area contributed by atoms with Crippen LogP contribution in [0.4, 0.5) is 0 Å². The van der Waals surface area contributed by atoms with E-state index in [-0.39, 0.29) is 32.1 Å². The quantitative estimate of drug-likeness (QED) is 0.0242. The average Bonchev–Trinajstić information content (AvgIpc) is 3.21. The highest BCUT2D eigenvalue weighted by Crippen LogP contribution is 2.42. The molecule has 1 amide bonds. The summed E-state index contributed by atoms with van der Waals surface area (Å²) in [6.45, 7) is 3.28. The van der Waals surface area contributed by atoms with Crippen LogP contribution in [-0.2, 0) is 27.9 Å². The molecule has 9 nitrogen and oxygen atoms in total. The maximum absolute atomic E-state index is 12.1. The number of hydrogen-bond donors (Lipinski definition) is 3. The molecule has 0 bridgehead atoms. The number of phosphoric ester groups is 1. The summed E-state index contributed by atoms with van der Waals surface area (Å²) >= 11 is 0. The van der Waals surface area contributed by atoms with E-state index in [9.17, 15) is 24.2 Å². The smallest absolute Gasteiger partial charge is 0.463 e. The van der Waals surface area contributed by atoms with Crippen molar-refractivity contribution < 1.29 is 37.9 Å². The fourth-order valence-corrected chi connectivity index (χ4v) is 5.91. The van der Waals surface area contributed by atoms with E-state index in [1.165, 1.54) is 12.8 Å². The number of unbranched alkanes of at least 4 members (excludes halogenated alkanes) is 8. The van der Waals surface area contributed by atoms with E-state index in [0.717, 1.165) is 103 Å². The van der Waals surface area contributed by atoms with Crippen LogP contribution >= 0.6 is 7.82 Å². The number of ether oxygens (including phenoxy) is 1. The van der Waals surface area contributed by atoms with Gasteiger partial charge in [0, 0.05) is 19.4 Å². The molecule has 0 aliphatic carbocycles. The average molecular weight is 828 g/mol. The fourth-order valence-electron chi connectivity index (χ4n) is 5.15. The Morgan fingerprint density at radius 1 is 0.552 bits per heavy atom. The van der Waals surface area contributed by atoms with Crippen molar-refractivity contribution in [2.75, 3.05) is 26.4 Å². The van der Waals surface area contributed by atoms with Gasteiger partial charge < -0.3 is 20.1 Å². The van der Waals surface area contributed by atoms with Gasteiger partial charge in [-0.15, -0.1) is 0 Å². The molecule has 2 unspecified atom stereocenters. The van der Waals surface area contributed by atoms with Crippen molar-refractivity contribution in [2.24, 2.45) is 0 Å². The first-order chi connectivity index (χ1) is 28.3. The van der Waals surface area contributed by atoms with E-state index >= 15 is 0 Å². The Kier molecular flexibility index (Phi) is 40.8. The summed E-state index contributed by atoms with van der Waals surface area (Å²) in [5.74, 6) is -0.602. The molecule has 0 saturated heterocycles. The molecule has 0 spiro atoms. The van der Waals surface area contributed by atoms with E-state index in [2.05, 4.69) is 122 Å². The first-order valence-electron chi connectivity index (χ1n) is 21.9. The number of nitrogens with one attached hydrogen (secondary N) is 1. The molecule has 0 heterocycles. The van der Waals surface area contributed by atoms with Crippen LogP contribution in [0.5, 0.6) is 0 Å². The molecule has 0 aliphatic rings. The third kappa shape index (κ3) is 43.8. The van der Waals surface area contributed by atoms with Gasteiger partial charge in [-0.05, 0) is 89.9 Å². The van der Waals surface area contributed by atoms with E-state index in [0.29, 0.717) is 12.8 Å². The number of rotatable bonds is 39. The molecule has 0 fully saturated rings. The molecule has 3 N–H and O–H groups in total. The van der Waals surface area contributed by atoms with E-state index in [4.69, 9.17) is 13.8 Å². The lowest BCUT2D eigenvalue weighted by Crippen LogP contribution is -2.27. The highest BCUT2D eigenvalue weighted by atomic mass is 31.2. The van der Waals surface area contributed by atoms with Crippen molar-refractivity contribution in [1.82, 2.24) is 5.32 Å². The van der Waals surface area contributed by atoms with Crippen molar-refractivity contribution in [3.05, 3.63) is 109 Å². The normalized spacial score (nSPS) is 14.3. The Bertz CT molecular complexity index is 1310. The van der Waals surface area contributed by atoms with Gasteiger partial charge in [-0.1, -0.05) is 155 Å². The summed E-state index contributed by atoms with van der Waals surface area (Å²) in [4.78, 5) is 33.9. The number of esters is 1. The number of amides is 1. The fraction of sp³-hybridized carbons (Fsp3) is 0.583. The highest BCUT2D eigenvalue weighted by molar-refractivity contribution is 7.47. The van der Waals surface area contributed by atoms with Gasteiger partial charge in [-0.3, -0.25) is 18.6 Å². The summed E-state index contributed by atoms with van der Waals surface area (Å²) in [5.41, 5.74) is 0. The third-order valence-corrected chi connectivity index (χ3v) is 9.42. The van der Waals surface area contributed by atoms with Crippen LogP contribution in [0.2, 0.25) is 0 Å². The van der Waals surface area contributed by atoms with Crippen molar-refractivity contribution in [3.8, 4) is 0 Å². The second-order valence-electron chi connectivity index (χ2n) is 13.9. The van der Waals surface area contributed by atoms with Gasteiger partial charge in [0.25, 0.3) is 0 Å². The maximum Gasteiger partial charge on any atom is 0.472 e. The van der Waals surface area contributed by atoms with Crippen molar-refractivity contribution in [2.45, 2.75) is 155 Å². The van der Waals surface area contributed by atoms with Crippen LogP contribution in [0.25, 0.3) is 0 Å². The molecular formula is C48H78NO8P. The lowest BCUT2D eigenvalue weighted by atomic mass is 10.1. The van der Waals surface area contributed by atoms with Crippen LogP contribution in [0.1, 0.15) is 149 Å². The lowest BCUT2D eigenvalue weighted by molar-refractivity contribution is -0.147. The standard InChI is InChI=1S/C48H78NO8P/c1-3-5-7-9-11-13-15-17-19-20-21-22-23-24-25-26-27-29-31-33-35-37-39-41-48(52)55-44-46(50)45-57-58(53,54)56-43-42-49-47(51)40-38-36-34-32-30-28-18-16-14-12-10-8-6-4-2/h5,7,10-13,16-19,21-22,24-25,27,29,33,35,46,50H,3-4,6,8-9,14-15,20,23,26,28,30-32,34,36-45H2,1-2H3,(H,49,51)(H,53,54)/b7-5-,12-10-,13-11-,18-16-,19-17-,22-21-,25-24-,29-27-,35-33-. The minimum absolute atomic E-state index is 0.0603. The van der Waals surface area contributed by atoms with Crippen molar-refractivity contribution in [1.29, 1.82) is 0 Å². The van der Waals surface area contributed by atoms with Crippen LogP contribution in [-0.4, -0.2) is 54.3 Å². The van der Waals surface area contributed by atoms with E-state index in [1.54, 1.807) is 0 Å². The van der Waals surface area contributed by atoms with Crippen LogP contribution < -0.4 is 5.32 Å². The number of aliphatic hydroxyl groups excluding tert-OH is 1. The minimum Gasteiger partial charge on any atom is -0.463 e. The van der Waals surface area contributed by atoms with Gasteiger partial charge in [-0.25, -0.2) is 4.57 Å². The number of carbonyl (C=O) groups excluding carboxylic acids is 2. The third-order valence-electron chi connectivity index (χ3n) is 8.44. The monoisotopic (exact) mass is 828 g/mol. The topological polar surface area (TPSA) is 131 Å². The van der Waals surface area contributed by atoms with E-state index in [1.807, 2.05) is 6.08 Å². The van der Waals surface area contributed by atoms with Gasteiger partial charge in [0.1, 0.15) is 12.7 Å². The van der Waals surface area contributed by atoms with Crippen LogP contribution in [0.3, 0.4) is 0 Å². The Labute approximate surface area is 352 Å². The van der Waals surface area contributed by atoms with Crippen LogP contribution in [0, 0.1) is 0 Å². The lowest BCUT2D eigenvalue weighted by Gasteiger charge is -2.15. The molecule has 0 aromatic rings. The summed E-state index contributed by atoms with van der Waals surface area (Å²) < 4.78 is 26.8. The van der Waals surface area contributed by atoms with Gasteiger partial charge in [0.05, 0.1) is 13.2 Å². The Balaban J connectivity index is 3.76. The molecule has 0 radical (unpaired) electrons. The highest BCUT2D eigenvalue weighted by Gasteiger charge is 2.23.